The smallest absolute Gasteiger partial charge is 0.390 e. The van der Waals surface area contributed by atoms with Crippen LogP contribution in [-0.2, 0) is 16.6 Å². The van der Waals surface area contributed by atoms with Gasteiger partial charge in [0.05, 0.1) is 29.9 Å². The third kappa shape index (κ3) is 6.49. The summed E-state index contributed by atoms with van der Waals surface area (Å²) < 4.78 is 38.6. The Morgan fingerprint density at radius 3 is 2.41 bits per heavy atom. The molecule has 2 atom stereocenters. The highest BCUT2D eigenvalue weighted by molar-refractivity contribution is 5.96. The maximum absolute atomic E-state index is 12.9. The van der Waals surface area contributed by atoms with Crippen LogP contribution < -0.4 is 10.6 Å². The molecule has 0 bridgehead atoms. The molecule has 0 aromatic heterocycles. The average Bonchev–Trinajstić information content (AvgIpc) is 3.22. The van der Waals surface area contributed by atoms with Crippen molar-refractivity contribution in [2.45, 2.75) is 62.6 Å². The number of nitrogens with one attached hydrogen (secondary N) is 2. The van der Waals surface area contributed by atoms with Crippen molar-refractivity contribution in [2.24, 2.45) is 0 Å². The van der Waals surface area contributed by atoms with Crippen molar-refractivity contribution in [2.75, 3.05) is 19.6 Å². The van der Waals surface area contributed by atoms with E-state index in [1.807, 2.05) is 31.2 Å². The van der Waals surface area contributed by atoms with Crippen LogP contribution >= 0.6 is 0 Å². The molecule has 2 aliphatic rings. The Morgan fingerprint density at radius 2 is 1.76 bits per heavy atom. The van der Waals surface area contributed by atoms with Crippen LogP contribution in [0.2, 0.25) is 0 Å². The number of alkyl halides is 3. The highest BCUT2D eigenvalue weighted by Gasteiger charge is 2.41. The van der Waals surface area contributed by atoms with Gasteiger partial charge in [-0.3, -0.25) is 14.5 Å². The maximum Gasteiger partial charge on any atom is 0.416 e. The quantitative estimate of drug-likeness (QED) is 0.470. The van der Waals surface area contributed by atoms with E-state index in [4.69, 9.17) is 0 Å². The number of likely N-dealkylation sites (tertiary alicyclic amines) is 1. The predicted molar refractivity (Wildman–Crippen MR) is 131 cm³/mol. The first-order chi connectivity index (χ1) is 17.4. The summed E-state index contributed by atoms with van der Waals surface area (Å²) in [6, 6.07) is 11.5. The van der Waals surface area contributed by atoms with Gasteiger partial charge in [-0.25, -0.2) is 0 Å². The number of nitrogens with zero attached hydrogens (tertiary/aromatic N) is 1. The lowest BCUT2D eigenvalue weighted by Crippen LogP contribution is -2.47. The third-order valence-electron chi connectivity index (χ3n) is 7.41. The van der Waals surface area contributed by atoms with Gasteiger partial charge >= 0.3 is 6.18 Å². The average molecular weight is 520 g/mol. The minimum atomic E-state index is -4.57. The molecule has 1 aliphatic heterocycles. The molecule has 0 unspecified atom stereocenters. The minimum absolute atomic E-state index is 0.169. The monoisotopic (exact) mass is 519 g/mol. The Morgan fingerprint density at radius 1 is 1.08 bits per heavy atom. The molecule has 1 saturated heterocycles. The van der Waals surface area contributed by atoms with E-state index in [0.717, 1.165) is 42.2 Å². The lowest BCUT2D eigenvalue weighted by Gasteiger charge is -2.40. The highest BCUT2D eigenvalue weighted by atomic mass is 19.4. The molecular formula is C27H32F3N3O4. The van der Waals surface area contributed by atoms with Gasteiger partial charge in [0.15, 0.2) is 0 Å². The van der Waals surface area contributed by atoms with Gasteiger partial charge in [-0.05, 0) is 56.4 Å². The van der Waals surface area contributed by atoms with Crippen LogP contribution in [0.25, 0.3) is 0 Å². The Kier molecular flexibility index (Phi) is 7.91. The van der Waals surface area contributed by atoms with Crippen molar-refractivity contribution < 1.29 is 33.0 Å². The van der Waals surface area contributed by atoms with E-state index in [2.05, 4.69) is 15.5 Å². The number of carbonyl (C=O) groups is 2. The number of rotatable bonds is 6. The maximum atomic E-state index is 12.9. The first-order valence-electron chi connectivity index (χ1n) is 12.4. The topological polar surface area (TPSA) is 102 Å². The second-order valence-corrected chi connectivity index (χ2v) is 10.1. The zero-order valence-electron chi connectivity index (χ0n) is 20.6. The van der Waals surface area contributed by atoms with Crippen molar-refractivity contribution in [3.63, 3.8) is 0 Å². The molecule has 10 heteroatoms. The van der Waals surface area contributed by atoms with E-state index in [1.165, 1.54) is 6.07 Å². The van der Waals surface area contributed by atoms with Crippen LogP contribution in [0.15, 0.2) is 48.5 Å². The lowest BCUT2D eigenvalue weighted by molar-refractivity contribution is -0.137. The number of halogens is 3. The number of β-amino-alcohol motifs (C(OH)–C–C–N with tert-alkyl or cyclic N) is 1. The summed E-state index contributed by atoms with van der Waals surface area (Å²) in [6.45, 7) is 2.39. The zero-order chi connectivity index (χ0) is 26.8. The van der Waals surface area contributed by atoms with Gasteiger partial charge in [0, 0.05) is 24.7 Å². The van der Waals surface area contributed by atoms with Crippen LogP contribution in [0.4, 0.5) is 13.2 Å². The third-order valence-corrected chi connectivity index (χ3v) is 7.41. The molecule has 4 rings (SSSR count). The van der Waals surface area contributed by atoms with Gasteiger partial charge in [0.25, 0.3) is 5.91 Å². The first kappa shape index (κ1) is 27.1. The molecule has 200 valence electrons. The Hall–Kier alpha value is -2.95. The number of benzene rings is 2. The fraction of sp³-hybridized carbons (Fsp3) is 0.481. The van der Waals surface area contributed by atoms with Crippen LogP contribution in [0, 0.1) is 6.92 Å². The Balaban J connectivity index is 1.25. The summed E-state index contributed by atoms with van der Waals surface area (Å²) in [6.07, 6.45) is -2.65. The van der Waals surface area contributed by atoms with E-state index >= 15 is 0 Å². The van der Waals surface area contributed by atoms with Gasteiger partial charge < -0.3 is 20.8 Å². The van der Waals surface area contributed by atoms with E-state index in [-0.39, 0.29) is 11.6 Å². The molecular weight excluding hydrogens is 487 g/mol. The molecule has 0 spiro atoms. The van der Waals surface area contributed by atoms with E-state index in [1.54, 1.807) is 0 Å². The fourth-order valence-corrected chi connectivity index (χ4v) is 5.21. The van der Waals surface area contributed by atoms with Gasteiger partial charge in [0.2, 0.25) is 5.91 Å². The van der Waals surface area contributed by atoms with E-state index in [9.17, 15) is 33.0 Å². The predicted octanol–water partition coefficient (Wildman–Crippen LogP) is 2.74. The zero-order valence-corrected chi connectivity index (χ0v) is 20.6. The molecule has 0 radical (unpaired) electrons. The molecule has 2 fully saturated rings. The largest absolute Gasteiger partial charge is 0.416 e. The van der Waals surface area contributed by atoms with Gasteiger partial charge in [-0.1, -0.05) is 35.9 Å². The van der Waals surface area contributed by atoms with Crippen molar-refractivity contribution in [1.82, 2.24) is 15.5 Å². The second kappa shape index (κ2) is 10.8. The molecule has 2 amide bonds. The van der Waals surface area contributed by atoms with E-state index in [0.29, 0.717) is 25.9 Å². The summed E-state index contributed by atoms with van der Waals surface area (Å²) in [5, 5.41) is 26.7. The molecule has 7 nitrogen and oxygen atoms in total. The molecule has 1 saturated carbocycles. The number of carbonyl (C=O) groups excluding carboxylic acids is 2. The van der Waals surface area contributed by atoms with Crippen molar-refractivity contribution in [3.8, 4) is 0 Å². The van der Waals surface area contributed by atoms with Crippen molar-refractivity contribution in [3.05, 3.63) is 70.8 Å². The Labute approximate surface area is 213 Å². The van der Waals surface area contributed by atoms with E-state index < -0.39 is 47.8 Å². The molecule has 1 aliphatic carbocycles. The SMILES string of the molecule is Cc1ccc(C2(O)CCC(N3C[C@@H](O)[C@@H](NC(=O)CNC(=O)c4cccc(C(F)(F)F)c4)C3)CC2)cc1. The second-order valence-electron chi connectivity index (χ2n) is 10.1. The summed E-state index contributed by atoms with van der Waals surface area (Å²) in [5.74, 6) is -1.33. The number of aliphatic hydroxyl groups excluding tert-OH is 1. The number of hydrogen-bond acceptors (Lipinski definition) is 5. The van der Waals surface area contributed by atoms with Crippen LogP contribution in [0.5, 0.6) is 0 Å². The molecule has 2 aromatic rings. The van der Waals surface area contributed by atoms with Crippen LogP contribution in [0.1, 0.15) is 52.7 Å². The summed E-state index contributed by atoms with van der Waals surface area (Å²) in [7, 11) is 0. The molecule has 37 heavy (non-hydrogen) atoms. The number of aliphatic hydroxyl groups is 2. The first-order valence-corrected chi connectivity index (χ1v) is 12.4. The summed E-state index contributed by atoms with van der Waals surface area (Å²) in [5.41, 5.74) is 0.0377. The minimum Gasteiger partial charge on any atom is -0.390 e. The standard InChI is InChI=1S/C27H32F3N3O4/c1-17-5-7-19(8-6-17)26(37)11-9-21(10-12-26)33-15-22(23(34)16-33)32-24(35)14-31-25(36)18-3-2-4-20(13-18)27(28,29)30/h2-8,13,21-23,34,37H,9-12,14-16H2,1H3,(H,31,36)(H,32,35)/t21?,22-,23+,26?/m0/s1. The number of amides is 2. The fourth-order valence-electron chi connectivity index (χ4n) is 5.21. The highest BCUT2D eigenvalue weighted by Crippen LogP contribution is 2.39. The van der Waals surface area contributed by atoms with Crippen LogP contribution in [0.3, 0.4) is 0 Å². The molecule has 4 N–H and O–H groups in total. The molecule has 1 heterocycles. The van der Waals surface area contributed by atoms with Crippen LogP contribution in [-0.4, -0.2) is 64.7 Å². The Bertz CT molecular complexity index is 1110. The van der Waals surface area contributed by atoms with Gasteiger partial charge in [0.1, 0.15) is 0 Å². The van der Waals surface area contributed by atoms with Crippen molar-refractivity contribution in [1.29, 1.82) is 0 Å². The van der Waals surface area contributed by atoms with Crippen molar-refractivity contribution >= 4 is 11.8 Å². The normalized spacial score (nSPS) is 26.6. The number of aryl methyl sites for hydroxylation is 1. The summed E-state index contributed by atoms with van der Waals surface area (Å²) in [4.78, 5) is 26.7. The summed E-state index contributed by atoms with van der Waals surface area (Å²) >= 11 is 0. The lowest BCUT2D eigenvalue weighted by atomic mass is 9.77. The van der Waals surface area contributed by atoms with Gasteiger partial charge in [-0.2, -0.15) is 13.2 Å². The van der Waals surface area contributed by atoms with Gasteiger partial charge in [-0.15, -0.1) is 0 Å². The molecule has 2 aromatic carbocycles. The number of hydrogen-bond donors (Lipinski definition) is 4.